The van der Waals surface area contributed by atoms with Crippen LogP contribution in [0.3, 0.4) is 0 Å². The SMILES string of the molecule is CCNC(=NCc1cccc(-n2cccn2)c1)NC1CCN(Cc2ccc(F)cc2)CC1.I. The van der Waals surface area contributed by atoms with Gasteiger partial charge in [0.25, 0.3) is 0 Å². The van der Waals surface area contributed by atoms with Crippen molar-refractivity contribution in [3.05, 3.63) is 83.9 Å². The van der Waals surface area contributed by atoms with Crippen molar-refractivity contribution in [2.45, 2.75) is 38.9 Å². The Kier molecular flexibility index (Phi) is 9.68. The van der Waals surface area contributed by atoms with Gasteiger partial charge in [0, 0.05) is 44.6 Å². The monoisotopic (exact) mass is 562 g/mol. The van der Waals surface area contributed by atoms with Gasteiger partial charge < -0.3 is 10.6 Å². The summed E-state index contributed by atoms with van der Waals surface area (Å²) < 4.78 is 15.0. The van der Waals surface area contributed by atoms with Crippen molar-refractivity contribution in [1.82, 2.24) is 25.3 Å². The minimum Gasteiger partial charge on any atom is -0.357 e. The lowest BCUT2D eigenvalue weighted by Gasteiger charge is -2.33. The van der Waals surface area contributed by atoms with Crippen LogP contribution in [0.4, 0.5) is 4.39 Å². The molecule has 2 heterocycles. The van der Waals surface area contributed by atoms with Crippen molar-refractivity contribution in [1.29, 1.82) is 0 Å². The molecule has 176 valence electrons. The van der Waals surface area contributed by atoms with Gasteiger partial charge in [0.1, 0.15) is 5.82 Å². The van der Waals surface area contributed by atoms with E-state index in [1.54, 1.807) is 6.20 Å². The maximum absolute atomic E-state index is 13.1. The molecule has 0 bridgehead atoms. The Hall–Kier alpha value is -2.46. The molecule has 2 aromatic carbocycles. The maximum atomic E-state index is 13.1. The van der Waals surface area contributed by atoms with E-state index in [2.05, 4.69) is 39.7 Å². The molecule has 2 N–H and O–H groups in total. The minimum atomic E-state index is -0.181. The molecule has 1 aliphatic heterocycles. The highest BCUT2D eigenvalue weighted by atomic mass is 127. The summed E-state index contributed by atoms with van der Waals surface area (Å²) in [6, 6.07) is 17.4. The number of benzene rings is 2. The molecule has 0 spiro atoms. The van der Waals surface area contributed by atoms with Crippen molar-refractivity contribution in [2.24, 2.45) is 4.99 Å². The summed E-state index contributed by atoms with van der Waals surface area (Å²) in [5, 5.41) is 11.3. The molecule has 0 amide bonds. The van der Waals surface area contributed by atoms with E-state index in [4.69, 9.17) is 4.99 Å². The molecular weight excluding hydrogens is 530 g/mol. The molecule has 4 rings (SSSR count). The van der Waals surface area contributed by atoms with E-state index in [9.17, 15) is 4.39 Å². The van der Waals surface area contributed by atoms with E-state index in [0.717, 1.165) is 61.8 Å². The number of halogens is 2. The third kappa shape index (κ3) is 7.53. The summed E-state index contributed by atoms with van der Waals surface area (Å²) in [7, 11) is 0. The minimum absolute atomic E-state index is 0. The van der Waals surface area contributed by atoms with Gasteiger partial charge in [0.15, 0.2) is 5.96 Å². The maximum Gasteiger partial charge on any atom is 0.191 e. The van der Waals surface area contributed by atoms with Gasteiger partial charge in [0.2, 0.25) is 0 Å². The first-order valence-electron chi connectivity index (χ1n) is 11.3. The Labute approximate surface area is 212 Å². The van der Waals surface area contributed by atoms with Crippen molar-refractivity contribution in [3.63, 3.8) is 0 Å². The first-order valence-corrected chi connectivity index (χ1v) is 11.3. The van der Waals surface area contributed by atoms with E-state index in [0.29, 0.717) is 12.6 Å². The molecule has 0 radical (unpaired) electrons. The molecule has 1 aromatic heterocycles. The van der Waals surface area contributed by atoms with Crippen molar-refractivity contribution < 1.29 is 4.39 Å². The number of nitrogens with zero attached hydrogens (tertiary/aromatic N) is 4. The van der Waals surface area contributed by atoms with Gasteiger partial charge in [-0.3, -0.25) is 4.90 Å². The van der Waals surface area contributed by atoms with E-state index in [1.165, 1.54) is 12.1 Å². The standard InChI is InChI=1S/C25H31FN6.HI/c1-2-27-25(28-18-21-5-3-6-24(17-21)32-14-4-13-29-32)30-23-11-15-31(16-12-23)19-20-7-9-22(26)10-8-20;/h3-10,13-14,17,23H,2,11-12,15-16,18-19H2,1H3,(H2,27,28,30);1H. The summed E-state index contributed by atoms with van der Waals surface area (Å²) in [5.74, 6) is 0.675. The normalized spacial score (nSPS) is 15.2. The predicted molar refractivity (Wildman–Crippen MR) is 142 cm³/mol. The van der Waals surface area contributed by atoms with Crippen LogP contribution in [0.5, 0.6) is 0 Å². The van der Waals surface area contributed by atoms with Crippen LogP contribution in [-0.4, -0.2) is 46.3 Å². The number of nitrogens with one attached hydrogen (secondary N) is 2. The van der Waals surface area contributed by atoms with Crippen LogP contribution in [0.1, 0.15) is 30.9 Å². The van der Waals surface area contributed by atoms with Gasteiger partial charge in [-0.25, -0.2) is 14.1 Å². The summed E-state index contributed by atoms with van der Waals surface area (Å²) in [5.41, 5.74) is 3.34. The summed E-state index contributed by atoms with van der Waals surface area (Å²) in [6.45, 7) is 6.41. The number of hydrogen-bond acceptors (Lipinski definition) is 3. The molecular formula is C25H32FIN6. The quantitative estimate of drug-likeness (QED) is 0.256. The van der Waals surface area contributed by atoms with Gasteiger partial charge in [-0.05, 0) is 61.2 Å². The lowest BCUT2D eigenvalue weighted by molar-refractivity contribution is 0.198. The number of hydrogen-bond donors (Lipinski definition) is 2. The predicted octanol–water partition coefficient (Wildman–Crippen LogP) is 4.35. The highest BCUT2D eigenvalue weighted by Gasteiger charge is 2.20. The Morgan fingerprint density at radius 2 is 1.88 bits per heavy atom. The first kappa shape index (κ1) is 25.2. The lowest BCUT2D eigenvalue weighted by Crippen LogP contribution is -2.48. The molecule has 1 saturated heterocycles. The zero-order chi connectivity index (χ0) is 22.2. The van der Waals surface area contributed by atoms with Gasteiger partial charge >= 0.3 is 0 Å². The van der Waals surface area contributed by atoms with Gasteiger partial charge in [0.05, 0.1) is 12.2 Å². The average molecular weight is 562 g/mol. The van der Waals surface area contributed by atoms with Crippen molar-refractivity contribution >= 4 is 29.9 Å². The Balaban J connectivity index is 0.00000306. The van der Waals surface area contributed by atoms with Gasteiger partial charge in [-0.2, -0.15) is 5.10 Å². The van der Waals surface area contributed by atoms with Crippen LogP contribution >= 0.6 is 24.0 Å². The van der Waals surface area contributed by atoms with Crippen LogP contribution in [0.2, 0.25) is 0 Å². The van der Waals surface area contributed by atoms with Gasteiger partial charge in [-0.15, -0.1) is 24.0 Å². The summed E-state index contributed by atoms with van der Waals surface area (Å²) >= 11 is 0. The van der Waals surface area contributed by atoms with Crippen molar-refractivity contribution in [3.8, 4) is 5.69 Å². The number of guanidine groups is 1. The zero-order valence-electron chi connectivity index (χ0n) is 19.0. The first-order chi connectivity index (χ1) is 15.7. The van der Waals surface area contributed by atoms with Crippen LogP contribution in [0, 0.1) is 5.82 Å². The zero-order valence-corrected chi connectivity index (χ0v) is 21.3. The highest BCUT2D eigenvalue weighted by molar-refractivity contribution is 14.0. The summed E-state index contributed by atoms with van der Waals surface area (Å²) in [4.78, 5) is 7.24. The molecule has 8 heteroatoms. The molecule has 0 unspecified atom stereocenters. The topological polar surface area (TPSA) is 57.5 Å². The molecule has 1 fully saturated rings. The van der Waals surface area contributed by atoms with Crippen LogP contribution in [0.15, 0.2) is 72.0 Å². The average Bonchev–Trinajstić information content (AvgIpc) is 3.36. The molecule has 33 heavy (non-hydrogen) atoms. The van der Waals surface area contributed by atoms with Crippen LogP contribution in [0.25, 0.3) is 5.69 Å². The number of likely N-dealkylation sites (tertiary alicyclic amines) is 1. The fourth-order valence-electron chi connectivity index (χ4n) is 3.99. The smallest absolute Gasteiger partial charge is 0.191 e. The van der Waals surface area contributed by atoms with Crippen molar-refractivity contribution in [2.75, 3.05) is 19.6 Å². The Bertz CT molecular complexity index is 998. The summed E-state index contributed by atoms with van der Waals surface area (Å²) in [6.07, 6.45) is 5.83. The number of aliphatic imine (C=N–C) groups is 1. The number of piperidine rings is 1. The second-order valence-corrected chi connectivity index (χ2v) is 8.14. The third-order valence-corrected chi connectivity index (χ3v) is 5.69. The largest absolute Gasteiger partial charge is 0.357 e. The number of rotatable bonds is 7. The second-order valence-electron chi connectivity index (χ2n) is 8.14. The lowest BCUT2D eigenvalue weighted by atomic mass is 10.0. The van der Waals surface area contributed by atoms with Crippen LogP contribution < -0.4 is 10.6 Å². The third-order valence-electron chi connectivity index (χ3n) is 5.69. The van der Waals surface area contributed by atoms with E-state index < -0.39 is 0 Å². The van der Waals surface area contributed by atoms with E-state index in [-0.39, 0.29) is 29.8 Å². The molecule has 3 aromatic rings. The molecule has 0 aliphatic carbocycles. The van der Waals surface area contributed by atoms with E-state index >= 15 is 0 Å². The molecule has 1 aliphatic rings. The fourth-order valence-corrected chi connectivity index (χ4v) is 3.99. The fraction of sp³-hybridized carbons (Fsp3) is 0.360. The molecule has 0 atom stereocenters. The van der Waals surface area contributed by atoms with Gasteiger partial charge in [-0.1, -0.05) is 24.3 Å². The molecule has 6 nitrogen and oxygen atoms in total. The second kappa shape index (κ2) is 12.7. The Morgan fingerprint density at radius 3 is 2.58 bits per heavy atom. The Morgan fingerprint density at radius 1 is 1.09 bits per heavy atom. The molecule has 0 saturated carbocycles. The van der Waals surface area contributed by atoms with E-state index in [1.807, 2.05) is 41.2 Å². The number of aromatic nitrogens is 2. The van der Waals surface area contributed by atoms with Crippen LogP contribution in [-0.2, 0) is 13.1 Å². The highest BCUT2D eigenvalue weighted by Crippen LogP contribution is 2.15.